The third-order valence-corrected chi connectivity index (χ3v) is 1.54. The Morgan fingerprint density at radius 2 is 1.94 bits per heavy atom. The number of urea groups is 1. The molecule has 2 amide bonds. The van der Waals surface area contributed by atoms with Crippen molar-refractivity contribution in [1.82, 2.24) is 10.2 Å². The highest BCUT2D eigenvalue weighted by Gasteiger charge is 2.32. The Morgan fingerprint density at radius 3 is 2.31 bits per heavy atom. The Balaban J connectivity index is 4.29. The molecule has 0 aromatic carbocycles. The minimum absolute atomic E-state index is 0.0784. The number of carboxylic acid groups (broad SMARTS) is 1. The van der Waals surface area contributed by atoms with Crippen LogP contribution in [0.2, 0.25) is 0 Å². The van der Waals surface area contributed by atoms with Crippen LogP contribution in [-0.2, 0) is 4.79 Å². The average Bonchev–Trinajstić information content (AvgIpc) is 2.11. The van der Waals surface area contributed by atoms with Crippen LogP contribution < -0.4 is 5.32 Å². The Morgan fingerprint density at radius 1 is 1.38 bits per heavy atom. The van der Waals surface area contributed by atoms with E-state index in [2.05, 4.69) is 0 Å². The van der Waals surface area contributed by atoms with E-state index < -0.39 is 31.3 Å². The van der Waals surface area contributed by atoms with E-state index >= 15 is 0 Å². The number of carboxylic acids is 1. The van der Waals surface area contributed by atoms with Crippen LogP contribution in [-0.4, -0.2) is 47.8 Å². The fraction of sp³-hybridized carbons (Fsp3) is 0.750. The van der Waals surface area contributed by atoms with Gasteiger partial charge in [0.25, 0.3) is 0 Å². The van der Waals surface area contributed by atoms with Crippen molar-refractivity contribution in [3.63, 3.8) is 0 Å². The van der Waals surface area contributed by atoms with E-state index in [1.54, 1.807) is 6.92 Å². The number of aliphatic carboxylic acids is 1. The number of carbonyl (C=O) groups excluding carboxylic acids is 1. The van der Waals surface area contributed by atoms with Gasteiger partial charge in [-0.05, 0) is 6.42 Å². The smallest absolute Gasteiger partial charge is 0.406 e. The molecule has 94 valence electrons. The summed E-state index contributed by atoms with van der Waals surface area (Å²) in [6.07, 6.45) is -4.13. The molecule has 0 atom stereocenters. The molecule has 0 radical (unpaired) electrons. The number of carbonyl (C=O) groups is 2. The minimum Gasteiger partial charge on any atom is -0.480 e. The van der Waals surface area contributed by atoms with Crippen molar-refractivity contribution < 1.29 is 27.9 Å². The van der Waals surface area contributed by atoms with E-state index in [9.17, 15) is 22.8 Å². The number of alkyl halides is 3. The first-order valence-electron chi connectivity index (χ1n) is 4.57. The van der Waals surface area contributed by atoms with Gasteiger partial charge in [0.2, 0.25) is 0 Å². The van der Waals surface area contributed by atoms with Gasteiger partial charge in [-0.15, -0.1) is 0 Å². The summed E-state index contributed by atoms with van der Waals surface area (Å²) >= 11 is 0. The number of halogens is 3. The van der Waals surface area contributed by atoms with E-state index in [-0.39, 0.29) is 6.54 Å². The third kappa shape index (κ3) is 6.91. The quantitative estimate of drug-likeness (QED) is 0.757. The molecule has 5 nitrogen and oxygen atoms in total. The van der Waals surface area contributed by atoms with Crippen LogP contribution in [0.3, 0.4) is 0 Å². The van der Waals surface area contributed by atoms with Gasteiger partial charge in [-0.2, -0.15) is 13.2 Å². The van der Waals surface area contributed by atoms with Gasteiger partial charge >= 0.3 is 18.2 Å². The molecule has 0 unspecified atom stereocenters. The first-order chi connectivity index (χ1) is 7.26. The molecule has 0 aliphatic carbocycles. The summed E-state index contributed by atoms with van der Waals surface area (Å²) in [7, 11) is 0. The van der Waals surface area contributed by atoms with Crippen molar-refractivity contribution >= 4 is 12.0 Å². The zero-order valence-electron chi connectivity index (χ0n) is 8.67. The lowest BCUT2D eigenvalue weighted by Gasteiger charge is -2.23. The molecule has 16 heavy (non-hydrogen) atoms. The second-order valence-electron chi connectivity index (χ2n) is 3.09. The van der Waals surface area contributed by atoms with Gasteiger partial charge in [0.1, 0.15) is 13.1 Å². The van der Waals surface area contributed by atoms with Crippen LogP contribution >= 0.6 is 0 Å². The molecule has 0 aromatic heterocycles. The highest BCUT2D eigenvalue weighted by molar-refractivity contribution is 5.79. The zero-order chi connectivity index (χ0) is 12.8. The molecule has 0 spiro atoms. The monoisotopic (exact) mass is 242 g/mol. The first-order valence-corrected chi connectivity index (χ1v) is 4.57. The van der Waals surface area contributed by atoms with Crippen LogP contribution in [0.25, 0.3) is 0 Å². The van der Waals surface area contributed by atoms with Crippen molar-refractivity contribution in [2.24, 2.45) is 0 Å². The Kier molecular flexibility index (Phi) is 5.62. The zero-order valence-corrected chi connectivity index (χ0v) is 8.67. The van der Waals surface area contributed by atoms with Crippen molar-refractivity contribution in [2.45, 2.75) is 19.5 Å². The predicted molar refractivity (Wildman–Crippen MR) is 49.0 cm³/mol. The highest BCUT2D eigenvalue weighted by Crippen LogP contribution is 2.16. The largest absolute Gasteiger partial charge is 0.480 e. The minimum atomic E-state index is -4.49. The number of amides is 2. The maximum Gasteiger partial charge on any atom is 0.406 e. The standard InChI is InChI=1S/C8H13F3N2O3/c1-2-3-13(5-8(9,10)11)7(16)12-4-6(14)15/h2-5H2,1H3,(H,12,16)(H,14,15). The van der Waals surface area contributed by atoms with E-state index in [1.807, 2.05) is 5.32 Å². The van der Waals surface area contributed by atoms with E-state index in [1.165, 1.54) is 0 Å². The fourth-order valence-corrected chi connectivity index (χ4v) is 1.00. The first kappa shape index (κ1) is 14.5. The number of nitrogens with one attached hydrogen (secondary N) is 1. The van der Waals surface area contributed by atoms with Crippen LogP contribution in [0.4, 0.5) is 18.0 Å². The third-order valence-electron chi connectivity index (χ3n) is 1.54. The summed E-state index contributed by atoms with van der Waals surface area (Å²) < 4.78 is 36.2. The lowest BCUT2D eigenvalue weighted by molar-refractivity contribution is -0.140. The molecule has 0 saturated carbocycles. The summed E-state index contributed by atoms with van der Waals surface area (Å²) in [5.74, 6) is -1.31. The normalized spacial score (nSPS) is 11.0. The molecule has 0 aliphatic rings. The lowest BCUT2D eigenvalue weighted by Crippen LogP contribution is -2.46. The van der Waals surface area contributed by atoms with Gasteiger partial charge in [-0.1, -0.05) is 6.92 Å². The van der Waals surface area contributed by atoms with Gasteiger partial charge < -0.3 is 15.3 Å². The van der Waals surface area contributed by atoms with Gasteiger partial charge in [0, 0.05) is 6.54 Å². The molecule has 8 heteroatoms. The summed E-state index contributed by atoms with van der Waals surface area (Å²) in [4.78, 5) is 21.8. The molecule has 0 saturated heterocycles. The molecule has 0 bridgehead atoms. The van der Waals surface area contributed by atoms with Crippen LogP contribution in [0.15, 0.2) is 0 Å². The highest BCUT2D eigenvalue weighted by atomic mass is 19.4. The summed E-state index contributed by atoms with van der Waals surface area (Å²) in [5, 5.41) is 10.1. The van der Waals surface area contributed by atoms with E-state index in [0.29, 0.717) is 11.3 Å². The van der Waals surface area contributed by atoms with Gasteiger partial charge in [-0.25, -0.2) is 4.79 Å². The van der Waals surface area contributed by atoms with E-state index in [0.717, 1.165) is 0 Å². The predicted octanol–water partition coefficient (Wildman–Crippen LogP) is 1.05. The topological polar surface area (TPSA) is 69.6 Å². The molecule has 0 heterocycles. The number of hydrogen-bond donors (Lipinski definition) is 2. The average molecular weight is 242 g/mol. The SMILES string of the molecule is CCCN(CC(F)(F)F)C(=O)NCC(=O)O. The van der Waals surface area contributed by atoms with E-state index in [4.69, 9.17) is 5.11 Å². The number of rotatable bonds is 5. The molecule has 2 N–H and O–H groups in total. The second-order valence-corrected chi connectivity index (χ2v) is 3.09. The molecule has 0 aliphatic heterocycles. The Labute approximate surface area is 90.2 Å². The Bertz CT molecular complexity index is 255. The number of hydrogen-bond acceptors (Lipinski definition) is 2. The number of nitrogens with zero attached hydrogens (tertiary/aromatic N) is 1. The molecule has 0 rings (SSSR count). The second kappa shape index (κ2) is 6.19. The molecule has 0 fully saturated rings. The lowest BCUT2D eigenvalue weighted by atomic mass is 10.4. The maximum absolute atomic E-state index is 12.1. The van der Waals surface area contributed by atoms with Crippen molar-refractivity contribution in [3.8, 4) is 0 Å². The molecule has 0 aromatic rings. The van der Waals surface area contributed by atoms with Gasteiger partial charge in [0.05, 0.1) is 0 Å². The van der Waals surface area contributed by atoms with Crippen LogP contribution in [0.1, 0.15) is 13.3 Å². The van der Waals surface area contributed by atoms with Crippen molar-refractivity contribution in [3.05, 3.63) is 0 Å². The summed E-state index contributed by atoms with van der Waals surface area (Å²) in [6.45, 7) is -0.540. The Hall–Kier alpha value is -1.47. The van der Waals surface area contributed by atoms with Crippen LogP contribution in [0.5, 0.6) is 0 Å². The fourth-order valence-electron chi connectivity index (χ4n) is 1.00. The maximum atomic E-state index is 12.1. The molecular formula is C8H13F3N2O3. The van der Waals surface area contributed by atoms with Crippen LogP contribution in [0, 0.1) is 0 Å². The van der Waals surface area contributed by atoms with Crippen molar-refractivity contribution in [1.29, 1.82) is 0 Å². The summed E-state index contributed by atoms with van der Waals surface area (Å²) in [5.41, 5.74) is 0. The van der Waals surface area contributed by atoms with Crippen molar-refractivity contribution in [2.75, 3.05) is 19.6 Å². The molecular weight excluding hydrogens is 229 g/mol. The van der Waals surface area contributed by atoms with Gasteiger partial charge in [0.15, 0.2) is 0 Å². The van der Waals surface area contributed by atoms with Gasteiger partial charge in [-0.3, -0.25) is 4.79 Å². The summed E-state index contributed by atoms with van der Waals surface area (Å²) in [6, 6.07) is -1.03.